The second-order valence-corrected chi connectivity index (χ2v) is 6.37. The van der Waals surface area contributed by atoms with Crippen LogP contribution in [-0.4, -0.2) is 41.2 Å². The minimum Gasteiger partial charge on any atom is -0.452 e. The summed E-state index contributed by atoms with van der Waals surface area (Å²) in [7, 11) is 0. The van der Waals surface area contributed by atoms with Crippen molar-refractivity contribution < 1.29 is 23.9 Å². The maximum absolute atomic E-state index is 12.3. The predicted molar refractivity (Wildman–Crippen MR) is 102 cm³/mol. The highest BCUT2D eigenvalue weighted by atomic mass is 16.5. The normalized spacial score (nSPS) is 13.4. The molecule has 0 fully saturated rings. The van der Waals surface area contributed by atoms with Crippen molar-refractivity contribution in [3.63, 3.8) is 0 Å². The Morgan fingerprint density at radius 3 is 2.21 bits per heavy atom. The molecule has 1 N–H and O–H groups in total. The first kappa shape index (κ1) is 19.8. The average molecular weight is 391 g/mol. The number of ether oxygens (including phenoxy) is 1. The maximum atomic E-state index is 12.3. The molecular formula is C21H17N3O5. The van der Waals surface area contributed by atoms with Crippen LogP contribution in [0, 0.1) is 11.3 Å². The zero-order valence-corrected chi connectivity index (χ0v) is 15.5. The second-order valence-electron chi connectivity index (χ2n) is 6.37. The van der Waals surface area contributed by atoms with E-state index in [0.717, 1.165) is 4.90 Å². The molecule has 0 radical (unpaired) electrons. The van der Waals surface area contributed by atoms with Gasteiger partial charge in [-0.05, 0) is 43.3 Å². The Bertz CT molecular complexity index is 988. The van der Waals surface area contributed by atoms with Crippen LogP contribution in [0.25, 0.3) is 0 Å². The van der Waals surface area contributed by atoms with E-state index in [1.807, 2.05) is 6.07 Å². The molecule has 1 atom stereocenters. The smallest absolute Gasteiger partial charge is 0.308 e. The Hall–Kier alpha value is -3.99. The van der Waals surface area contributed by atoms with Gasteiger partial charge in [-0.1, -0.05) is 12.1 Å². The first-order valence-electron chi connectivity index (χ1n) is 8.86. The van der Waals surface area contributed by atoms with Crippen LogP contribution >= 0.6 is 0 Å². The Kier molecular flexibility index (Phi) is 5.69. The summed E-state index contributed by atoms with van der Waals surface area (Å²) in [4.78, 5) is 49.7. The quantitative estimate of drug-likeness (QED) is 0.595. The maximum Gasteiger partial charge on any atom is 0.308 e. The minimum atomic E-state index is -1.07. The van der Waals surface area contributed by atoms with E-state index in [1.165, 1.54) is 6.92 Å². The molecule has 146 valence electrons. The van der Waals surface area contributed by atoms with Crippen molar-refractivity contribution in [2.75, 3.05) is 11.9 Å². The number of imide groups is 1. The lowest BCUT2D eigenvalue weighted by molar-refractivity contribution is -0.153. The van der Waals surface area contributed by atoms with Gasteiger partial charge in [-0.15, -0.1) is 0 Å². The van der Waals surface area contributed by atoms with Crippen LogP contribution in [0.15, 0.2) is 48.5 Å². The molecule has 0 saturated carbocycles. The van der Waals surface area contributed by atoms with Gasteiger partial charge in [-0.3, -0.25) is 24.1 Å². The van der Waals surface area contributed by atoms with Crippen LogP contribution in [0.5, 0.6) is 0 Å². The summed E-state index contributed by atoms with van der Waals surface area (Å²) in [6.45, 7) is 1.29. The third kappa shape index (κ3) is 4.30. The highest BCUT2D eigenvalue weighted by Crippen LogP contribution is 2.22. The first-order valence-corrected chi connectivity index (χ1v) is 8.86. The molecule has 3 rings (SSSR count). The van der Waals surface area contributed by atoms with E-state index in [4.69, 9.17) is 10.00 Å². The highest BCUT2D eigenvalue weighted by Gasteiger charge is 2.35. The summed E-state index contributed by atoms with van der Waals surface area (Å²) < 4.78 is 5.08. The van der Waals surface area contributed by atoms with Crippen molar-refractivity contribution >= 4 is 29.4 Å². The van der Waals surface area contributed by atoms with Crippen molar-refractivity contribution in [1.82, 2.24) is 4.90 Å². The van der Waals surface area contributed by atoms with Gasteiger partial charge in [-0.25, -0.2) is 0 Å². The number of benzene rings is 2. The molecule has 1 unspecified atom stereocenters. The average Bonchev–Trinajstić information content (AvgIpc) is 2.97. The van der Waals surface area contributed by atoms with E-state index in [1.54, 1.807) is 48.5 Å². The zero-order valence-electron chi connectivity index (χ0n) is 15.5. The molecular weight excluding hydrogens is 374 g/mol. The monoisotopic (exact) mass is 391 g/mol. The Labute approximate surface area is 166 Å². The summed E-state index contributed by atoms with van der Waals surface area (Å²) in [6, 6.07) is 14.6. The van der Waals surface area contributed by atoms with E-state index in [0.29, 0.717) is 22.4 Å². The Morgan fingerprint density at radius 2 is 1.66 bits per heavy atom. The molecule has 8 nitrogen and oxygen atoms in total. The predicted octanol–water partition coefficient (Wildman–Crippen LogP) is 2.11. The molecule has 3 amide bonds. The molecule has 0 saturated heterocycles. The number of carbonyl (C=O) groups is 4. The van der Waals surface area contributed by atoms with Gasteiger partial charge in [0.05, 0.1) is 29.2 Å². The lowest BCUT2D eigenvalue weighted by atomic mass is 10.1. The van der Waals surface area contributed by atoms with Crippen LogP contribution in [0.1, 0.15) is 39.6 Å². The number of hydrogen-bond acceptors (Lipinski definition) is 6. The van der Waals surface area contributed by atoms with E-state index in [2.05, 4.69) is 5.32 Å². The third-order valence-electron chi connectivity index (χ3n) is 4.38. The van der Waals surface area contributed by atoms with E-state index < -0.39 is 29.8 Å². The largest absolute Gasteiger partial charge is 0.452 e. The van der Waals surface area contributed by atoms with Crippen LogP contribution in [0.2, 0.25) is 0 Å². The molecule has 1 heterocycles. The molecule has 0 aromatic heterocycles. The fraction of sp³-hybridized carbons (Fsp3) is 0.190. The summed E-state index contributed by atoms with van der Waals surface area (Å²) in [5.41, 5.74) is 1.53. The van der Waals surface area contributed by atoms with Gasteiger partial charge in [0.25, 0.3) is 17.7 Å². The SMILES string of the molecule is CC(OC(=O)CCN1C(=O)c2ccccc2C1=O)C(=O)Nc1ccc(C#N)cc1. The van der Waals surface area contributed by atoms with Gasteiger partial charge in [0.1, 0.15) is 0 Å². The van der Waals surface area contributed by atoms with E-state index in [-0.39, 0.29) is 13.0 Å². The third-order valence-corrected chi connectivity index (χ3v) is 4.38. The number of rotatable bonds is 6. The summed E-state index contributed by atoms with van der Waals surface area (Å²) in [5, 5.41) is 11.3. The van der Waals surface area contributed by atoms with Crippen LogP contribution in [0.4, 0.5) is 5.69 Å². The molecule has 1 aliphatic rings. The van der Waals surface area contributed by atoms with E-state index >= 15 is 0 Å². The molecule has 0 aliphatic carbocycles. The fourth-order valence-corrected chi connectivity index (χ4v) is 2.83. The number of anilines is 1. The van der Waals surface area contributed by atoms with Crippen LogP contribution in [0.3, 0.4) is 0 Å². The number of carbonyl (C=O) groups excluding carboxylic acids is 4. The van der Waals surface area contributed by atoms with Gasteiger partial charge in [0.2, 0.25) is 0 Å². The minimum absolute atomic E-state index is 0.130. The van der Waals surface area contributed by atoms with Gasteiger partial charge in [0.15, 0.2) is 6.10 Å². The summed E-state index contributed by atoms with van der Waals surface area (Å²) >= 11 is 0. The number of esters is 1. The lowest BCUT2D eigenvalue weighted by Gasteiger charge is -2.16. The Morgan fingerprint density at radius 1 is 1.07 bits per heavy atom. The first-order chi connectivity index (χ1) is 13.9. The number of fused-ring (bicyclic) bond motifs is 1. The molecule has 29 heavy (non-hydrogen) atoms. The summed E-state index contributed by atoms with van der Waals surface area (Å²) in [5.74, 6) is -2.15. The Balaban J connectivity index is 1.50. The molecule has 0 bridgehead atoms. The lowest BCUT2D eigenvalue weighted by Crippen LogP contribution is -2.34. The summed E-state index contributed by atoms with van der Waals surface area (Å²) in [6.07, 6.45) is -1.29. The molecule has 2 aromatic carbocycles. The highest BCUT2D eigenvalue weighted by molar-refractivity contribution is 6.21. The van der Waals surface area contributed by atoms with Gasteiger partial charge in [-0.2, -0.15) is 5.26 Å². The van der Waals surface area contributed by atoms with Crippen molar-refractivity contribution in [2.45, 2.75) is 19.4 Å². The van der Waals surface area contributed by atoms with Gasteiger partial charge < -0.3 is 10.1 Å². The van der Waals surface area contributed by atoms with Crippen molar-refractivity contribution in [2.24, 2.45) is 0 Å². The zero-order chi connectivity index (χ0) is 21.0. The van der Waals surface area contributed by atoms with Gasteiger partial charge in [0, 0.05) is 12.2 Å². The number of nitrogens with one attached hydrogen (secondary N) is 1. The number of amides is 3. The standard InChI is InChI=1S/C21H17N3O5/c1-13(19(26)23-15-8-6-14(12-22)7-9-15)29-18(25)10-11-24-20(27)16-4-2-3-5-17(16)21(24)28/h2-9,13H,10-11H2,1H3,(H,23,26). The van der Waals surface area contributed by atoms with Crippen LogP contribution in [-0.2, 0) is 14.3 Å². The van der Waals surface area contributed by atoms with Crippen molar-refractivity contribution in [3.05, 3.63) is 65.2 Å². The van der Waals surface area contributed by atoms with E-state index in [9.17, 15) is 19.2 Å². The number of nitriles is 1. The number of nitrogens with zero attached hydrogens (tertiary/aromatic N) is 2. The molecule has 0 spiro atoms. The van der Waals surface area contributed by atoms with Crippen molar-refractivity contribution in [1.29, 1.82) is 5.26 Å². The topological polar surface area (TPSA) is 117 Å². The van der Waals surface area contributed by atoms with Crippen molar-refractivity contribution in [3.8, 4) is 6.07 Å². The van der Waals surface area contributed by atoms with Crippen LogP contribution < -0.4 is 5.32 Å². The number of hydrogen-bond donors (Lipinski definition) is 1. The van der Waals surface area contributed by atoms with Gasteiger partial charge >= 0.3 is 5.97 Å². The molecule has 8 heteroatoms. The fourth-order valence-electron chi connectivity index (χ4n) is 2.83. The second kappa shape index (κ2) is 8.35. The molecule has 1 aliphatic heterocycles. The molecule has 2 aromatic rings.